The number of amides is 3. The summed E-state index contributed by atoms with van der Waals surface area (Å²) in [6.07, 6.45) is 2.22. The highest BCUT2D eigenvalue weighted by molar-refractivity contribution is 6.30. The van der Waals surface area contributed by atoms with E-state index in [0.717, 1.165) is 12.8 Å². The molecule has 0 spiro atoms. The molecule has 0 atom stereocenters. The summed E-state index contributed by atoms with van der Waals surface area (Å²) in [7, 11) is 0. The maximum Gasteiger partial charge on any atom is 0.251 e. The monoisotopic (exact) mass is 427 g/mol. The average Bonchev–Trinajstić information content (AvgIpc) is 2.78. The first-order valence-electron chi connectivity index (χ1n) is 10.2. The van der Waals surface area contributed by atoms with Gasteiger partial charge in [0.2, 0.25) is 11.8 Å². The van der Waals surface area contributed by atoms with Crippen molar-refractivity contribution in [3.63, 3.8) is 0 Å². The Morgan fingerprint density at radius 1 is 0.867 bits per heavy atom. The second-order valence-electron chi connectivity index (χ2n) is 7.29. The molecule has 0 saturated carbocycles. The van der Waals surface area contributed by atoms with Gasteiger partial charge in [0.15, 0.2) is 0 Å². The number of carbonyl (C=O) groups excluding carboxylic acids is 3. The van der Waals surface area contributed by atoms with Gasteiger partial charge in [-0.3, -0.25) is 14.4 Å². The van der Waals surface area contributed by atoms with Crippen molar-refractivity contribution in [2.24, 2.45) is 0 Å². The molecule has 0 radical (unpaired) electrons. The van der Waals surface area contributed by atoms with E-state index in [9.17, 15) is 14.4 Å². The largest absolute Gasteiger partial charge is 0.343 e. The highest BCUT2D eigenvalue weighted by atomic mass is 35.5. The lowest BCUT2D eigenvalue weighted by Gasteiger charge is -2.35. The quantitative estimate of drug-likeness (QED) is 0.738. The van der Waals surface area contributed by atoms with Crippen LogP contribution in [-0.2, 0) is 16.0 Å². The summed E-state index contributed by atoms with van der Waals surface area (Å²) in [5.41, 5.74) is 1.65. The molecule has 1 aliphatic heterocycles. The maximum absolute atomic E-state index is 12.4. The zero-order chi connectivity index (χ0) is 21.3. The fourth-order valence-electron chi connectivity index (χ4n) is 3.45. The third kappa shape index (κ3) is 6.32. The summed E-state index contributed by atoms with van der Waals surface area (Å²) < 4.78 is 0. The Bertz CT molecular complexity index is 880. The van der Waals surface area contributed by atoms with Gasteiger partial charge in [-0.25, -0.2) is 0 Å². The Kier molecular flexibility index (Phi) is 7.85. The SMILES string of the molecule is O=C(NCC(=O)N1CCN(C(=O)CCCc2ccccc2)CC1)c1cccc(Cl)c1. The topological polar surface area (TPSA) is 69.7 Å². The maximum atomic E-state index is 12.4. The van der Waals surface area contributed by atoms with E-state index in [1.54, 1.807) is 29.2 Å². The number of hydrogen-bond donors (Lipinski definition) is 1. The molecule has 6 nitrogen and oxygen atoms in total. The van der Waals surface area contributed by atoms with Gasteiger partial charge in [0.05, 0.1) is 6.54 Å². The molecule has 1 fully saturated rings. The molecule has 2 aromatic rings. The molecule has 30 heavy (non-hydrogen) atoms. The molecule has 0 unspecified atom stereocenters. The number of nitrogens with zero attached hydrogens (tertiary/aromatic N) is 2. The van der Waals surface area contributed by atoms with E-state index in [-0.39, 0.29) is 24.3 Å². The Hall–Kier alpha value is -2.86. The van der Waals surface area contributed by atoms with Crippen LogP contribution in [0, 0.1) is 0 Å². The molecule has 1 N–H and O–H groups in total. The number of halogens is 1. The van der Waals surface area contributed by atoms with Crippen LogP contribution in [0.5, 0.6) is 0 Å². The molecule has 2 aromatic carbocycles. The minimum Gasteiger partial charge on any atom is -0.343 e. The fourth-order valence-corrected chi connectivity index (χ4v) is 3.64. The van der Waals surface area contributed by atoms with Crippen molar-refractivity contribution in [1.29, 1.82) is 0 Å². The van der Waals surface area contributed by atoms with Crippen molar-refractivity contribution >= 4 is 29.3 Å². The minimum atomic E-state index is -0.335. The molecule has 0 aromatic heterocycles. The number of aryl methyl sites for hydroxylation is 1. The van der Waals surface area contributed by atoms with Crippen molar-refractivity contribution in [3.05, 3.63) is 70.7 Å². The van der Waals surface area contributed by atoms with Crippen LogP contribution in [0.25, 0.3) is 0 Å². The molecule has 1 aliphatic rings. The zero-order valence-electron chi connectivity index (χ0n) is 16.9. The van der Waals surface area contributed by atoms with Gasteiger partial charge in [-0.15, -0.1) is 0 Å². The van der Waals surface area contributed by atoms with Gasteiger partial charge in [-0.1, -0.05) is 48.0 Å². The van der Waals surface area contributed by atoms with Crippen LogP contribution >= 0.6 is 11.6 Å². The first kappa shape index (κ1) is 21.8. The van der Waals surface area contributed by atoms with Gasteiger partial charge in [0, 0.05) is 43.2 Å². The first-order chi connectivity index (χ1) is 14.5. The van der Waals surface area contributed by atoms with Crippen LogP contribution in [0.4, 0.5) is 0 Å². The standard InChI is InChI=1S/C23H26ClN3O3/c24-20-10-5-9-19(16-20)23(30)25-17-22(29)27-14-12-26(13-15-27)21(28)11-4-8-18-6-2-1-3-7-18/h1-3,5-7,9-10,16H,4,8,11-15,17H2,(H,25,30). The molecule has 158 valence electrons. The second-order valence-corrected chi connectivity index (χ2v) is 7.73. The summed E-state index contributed by atoms with van der Waals surface area (Å²) in [5.74, 6) is -0.355. The lowest BCUT2D eigenvalue weighted by atomic mass is 10.1. The van der Waals surface area contributed by atoms with Gasteiger partial charge in [-0.05, 0) is 36.6 Å². The second kappa shape index (κ2) is 10.8. The van der Waals surface area contributed by atoms with Crippen molar-refractivity contribution in [1.82, 2.24) is 15.1 Å². The van der Waals surface area contributed by atoms with Crippen LogP contribution in [0.1, 0.15) is 28.8 Å². The molecule has 0 bridgehead atoms. The lowest BCUT2D eigenvalue weighted by molar-refractivity contribution is -0.139. The van der Waals surface area contributed by atoms with E-state index in [2.05, 4.69) is 17.4 Å². The van der Waals surface area contributed by atoms with Gasteiger partial charge in [0.25, 0.3) is 5.91 Å². The van der Waals surface area contributed by atoms with E-state index in [1.165, 1.54) is 5.56 Å². The minimum absolute atomic E-state index is 0.0730. The normalized spacial score (nSPS) is 13.8. The molecule has 7 heteroatoms. The van der Waals surface area contributed by atoms with Crippen molar-refractivity contribution in [3.8, 4) is 0 Å². The summed E-state index contributed by atoms with van der Waals surface area (Å²) in [4.78, 5) is 40.4. The number of hydrogen-bond acceptors (Lipinski definition) is 3. The van der Waals surface area contributed by atoms with Crippen LogP contribution in [0.2, 0.25) is 5.02 Å². The van der Waals surface area contributed by atoms with Crippen molar-refractivity contribution < 1.29 is 14.4 Å². The van der Waals surface area contributed by atoms with Gasteiger partial charge in [-0.2, -0.15) is 0 Å². The number of benzene rings is 2. The lowest BCUT2D eigenvalue weighted by Crippen LogP contribution is -2.52. The number of nitrogens with one attached hydrogen (secondary N) is 1. The molecule has 1 saturated heterocycles. The summed E-state index contributed by atoms with van der Waals surface area (Å²) in [5, 5.41) is 3.10. The predicted octanol–water partition coefficient (Wildman–Crippen LogP) is 2.76. The Balaban J connectivity index is 1.36. The highest BCUT2D eigenvalue weighted by Gasteiger charge is 2.24. The van der Waals surface area contributed by atoms with Gasteiger partial charge in [0.1, 0.15) is 0 Å². The molecule has 1 heterocycles. The number of carbonyl (C=O) groups is 3. The Labute approximate surface area is 181 Å². The summed E-state index contributed by atoms with van der Waals surface area (Å²) >= 11 is 5.89. The Morgan fingerprint density at radius 2 is 1.53 bits per heavy atom. The van der Waals surface area contributed by atoms with Crippen LogP contribution in [0.15, 0.2) is 54.6 Å². The predicted molar refractivity (Wildman–Crippen MR) is 116 cm³/mol. The zero-order valence-corrected chi connectivity index (χ0v) is 17.6. The summed E-state index contributed by atoms with van der Waals surface area (Å²) in [6.45, 7) is 1.94. The first-order valence-corrected chi connectivity index (χ1v) is 10.5. The third-order valence-corrected chi connectivity index (χ3v) is 5.41. The van der Waals surface area contributed by atoms with E-state index >= 15 is 0 Å². The van der Waals surface area contributed by atoms with E-state index in [1.807, 2.05) is 23.1 Å². The summed E-state index contributed by atoms with van der Waals surface area (Å²) in [6, 6.07) is 16.7. The van der Waals surface area contributed by atoms with Crippen LogP contribution < -0.4 is 5.32 Å². The van der Waals surface area contributed by atoms with Gasteiger partial charge < -0.3 is 15.1 Å². The van der Waals surface area contributed by atoms with Crippen LogP contribution in [-0.4, -0.2) is 60.2 Å². The third-order valence-electron chi connectivity index (χ3n) is 5.17. The van der Waals surface area contributed by atoms with Crippen LogP contribution in [0.3, 0.4) is 0 Å². The number of piperazine rings is 1. The molecule has 0 aliphatic carbocycles. The van der Waals surface area contributed by atoms with E-state index in [4.69, 9.17) is 11.6 Å². The van der Waals surface area contributed by atoms with Crippen molar-refractivity contribution in [2.75, 3.05) is 32.7 Å². The van der Waals surface area contributed by atoms with Crippen molar-refractivity contribution in [2.45, 2.75) is 19.3 Å². The smallest absolute Gasteiger partial charge is 0.251 e. The average molecular weight is 428 g/mol. The van der Waals surface area contributed by atoms with E-state index in [0.29, 0.717) is 43.2 Å². The highest BCUT2D eigenvalue weighted by Crippen LogP contribution is 2.11. The molecule has 3 amide bonds. The molecule has 3 rings (SSSR count). The van der Waals surface area contributed by atoms with E-state index < -0.39 is 0 Å². The van der Waals surface area contributed by atoms with Gasteiger partial charge >= 0.3 is 0 Å². The fraction of sp³-hybridized carbons (Fsp3) is 0.348. The number of rotatable bonds is 7. The Morgan fingerprint density at radius 3 is 2.20 bits per heavy atom. The molecular weight excluding hydrogens is 402 g/mol. The molecular formula is C23H26ClN3O3.